The SMILES string of the molecule is CCC(C)CC(C)(OC(=O)OC(C)(C)C)C(F)(F)F. The van der Waals surface area contributed by atoms with E-state index in [9.17, 15) is 18.0 Å². The van der Waals surface area contributed by atoms with Crippen LogP contribution in [0.4, 0.5) is 18.0 Å². The van der Waals surface area contributed by atoms with Gasteiger partial charge in [-0.1, -0.05) is 20.3 Å². The molecule has 0 aromatic carbocycles. The lowest BCUT2D eigenvalue weighted by Gasteiger charge is -2.34. The summed E-state index contributed by atoms with van der Waals surface area (Å²) < 4.78 is 48.5. The Balaban J connectivity index is 4.93. The third kappa shape index (κ3) is 6.16. The van der Waals surface area contributed by atoms with Crippen LogP contribution < -0.4 is 0 Å². The minimum Gasteiger partial charge on any atom is -0.429 e. The highest BCUT2D eigenvalue weighted by Crippen LogP contribution is 2.39. The zero-order chi connectivity index (χ0) is 15.5. The van der Waals surface area contributed by atoms with E-state index in [0.717, 1.165) is 6.92 Å². The van der Waals surface area contributed by atoms with E-state index in [1.807, 2.05) is 0 Å². The van der Waals surface area contributed by atoms with Gasteiger partial charge in [0.15, 0.2) is 0 Å². The molecule has 6 heteroatoms. The van der Waals surface area contributed by atoms with Crippen LogP contribution in [0.2, 0.25) is 0 Å². The van der Waals surface area contributed by atoms with Crippen LogP contribution in [0.3, 0.4) is 0 Å². The molecule has 0 aliphatic rings. The van der Waals surface area contributed by atoms with E-state index in [1.54, 1.807) is 34.6 Å². The summed E-state index contributed by atoms with van der Waals surface area (Å²) >= 11 is 0. The molecule has 0 N–H and O–H groups in total. The molecule has 0 aromatic rings. The molecule has 2 unspecified atom stereocenters. The quantitative estimate of drug-likeness (QED) is 0.702. The second-order valence-corrected chi connectivity index (χ2v) is 6.01. The third-order valence-corrected chi connectivity index (χ3v) is 2.73. The van der Waals surface area contributed by atoms with Crippen molar-refractivity contribution in [2.24, 2.45) is 5.92 Å². The van der Waals surface area contributed by atoms with Gasteiger partial charge in [-0.05, 0) is 40.0 Å². The number of carbonyl (C=O) groups excluding carboxylic acids is 1. The van der Waals surface area contributed by atoms with E-state index in [-0.39, 0.29) is 12.3 Å². The average Bonchev–Trinajstić information content (AvgIpc) is 2.11. The zero-order valence-electron chi connectivity index (χ0n) is 12.4. The molecule has 2 atom stereocenters. The maximum absolute atomic E-state index is 13.1. The van der Waals surface area contributed by atoms with Crippen LogP contribution >= 0.6 is 0 Å². The molecule has 0 saturated carbocycles. The second-order valence-electron chi connectivity index (χ2n) is 6.01. The van der Waals surface area contributed by atoms with Gasteiger partial charge in [-0.2, -0.15) is 13.2 Å². The number of carbonyl (C=O) groups is 1. The monoisotopic (exact) mass is 284 g/mol. The fraction of sp³-hybridized carbons (Fsp3) is 0.923. The van der Waals surface area contributed by atoms with E-state index < -0.39 is 23.5 Å². The number of halogens is 3. The molecule has 0 amide bonds. The molecular weight excluding hydrogens is 261 g/mol. The van der Waals surface area contributed by atoms with Crippen molar-refractivity contribution in [3.05, 3.63) is 0 Å². The first-order chi connectivity index (χ1) is 8.31. The smallest absolute Gasteiger partial charge is 0.429 e. The van der Waals surface area contributed by atoms with E-state index in [2.05, 4.69) is 4.74 Å². The maximum Gasteiger partial charge on any atom is 0.509 e. The summed E-state index contributed by atoms with van der Waals surface area (Å²) in [5.74, 6) is -0.214. The summed E-state index contributed by atoms with van der Waals surface area (Å²) in [4.78, 5) is 11.4. The summed E-state index contributed by atoms with van der Waals surface area (Å²) in [5.41, 5.74) is -3.41. The molecule has 0 rings (SSSR count). The molecule has 0 saturated heterocycles. The highest BCUT2D eigenvalue weighted by atomic mass is 19.4. The van der Waals surface area contributed by atoms with Crippen molar-refractivity contribution in [2.75, 3.05) is 0 Å². The number of hydrogen-bond donors (Lipinski definition) is 0. The third-order valence-electron chi connectivity index (χ3n) is 2.73. The fourth-order valence-electron chi connectivity index (χ4n) is 1.48. The number of ether oxygens (including phenoxy) is 2. The van der Waals surface area contributed by atoms with Gasteiger partial charge in [0.2, 0.25) is 5.60 Å². The van der Waals surface area contributed by atoms with Gasteiger partial charge in [-0.15, -0.1) is 0 Å². The largest absolute Gasteiger partial charge is 0.509 e. The van der Waals surface area contributed by atoms with Gasteiger partial charge in [-0.25, -0.2) is 4.79 Å². The van der Waals surface area contributed by atoms with Crippen molar-refractivity contribution in [3.8, 4) is 0 Å². The minimum absolute atomic E-state index is 0.214. The molecule has 0 radical (unpaired) electrons. The first kappa shape index (κ1) is 18.1. The minimum atomic E-state index is -4.63. The zero-order valence-corrected chi connectivity index (χ0v) is 12.4. The van der Waals surface area contributed by atoms with Crippen molar-refractivity contribution in [1.82, 2.24) is 0 Å². The molecule has 0 spiro atoms. The average molecular weight is 284 g/mol. The Morgan fingerprint density at radius 3 is 1.89 bits per heavy atom. The molecule has 0 fully saturated rings. The normalized spacial score (nSPS) is 17.5. The number of alkyl halides is 3. The molecule has 0 heterocycles. The highest BCUT2D eigenvalue weighted by Gasteiger charge is 2.55. The van der Waals surface area contributed by atoms with Gasteiger partial charge in [0.1, 0.15) is 5.60 Å². The van der Waals surface area contributed by atoms with E-state index in [1.165, 1.54) is 0 Å². The van der Waals surface area contributed by atoms with Crippen LogP contribution in [0.25, 0.3) is 0 Å². The molecule has 0 aliphatic carbocycles. The standard InChI is InChI=1S/C13H23F3O3/c1-7-9(2)8-12(6,13(14,15)16)19-10(17)18-11(3,4)5/h9H,7-8H2,1-6H3. The van der Waals surface area contributed by atoms with Crippen LogP contribution in [0.1, 0.15) is 54.4 Å². The molecule has 3 nitrogen and oxygen atoms in total. The Bertz CT molecular complexity index is 307. The predicted octanol–water partition coefficient (Wildman–Crippen LogP) is 4.70. The summed E-state index contributed by atoms with van der Waals surface area (Å²) in [6, 6.07) is 0. The van der Waals surface area contributed by atoms with Gasteiger partial charge in [0, 0.05) is 0 Å². The Morgan fingerprint density at radius 1 is 1.11 bits per heavy atom. The summed E-state index contributed by atoms with van der Waals surface area (Å²) in [6.45, 7) is 9.04. The summed E-state index contributed by atoms with van der Waals surface area (Å²) in [5, 5.41) is 0. The van der Waals surface area contributed by atoms with Crippen molar-refractivity contribution < 1.29 is 27.4 Å². The van der Waals surface area contributed by atoms with Gasteiger partial charge in [0.05, 0.1) is 0 Å². The number of hydrogen-bond acceptors (Lipinski definition) is 3. The maximum atomic E-state index is 13.1. The first-order valence-electron chi connectivity index (χ1n) is 6.29. The molecule has 0 bridgehead atoms. The van der Waals surface area contributed by atoms with Crippen LogP contribution in [0.15, 0.2) is 0 Å². The van der Waals surface area contributed by atoms with E-state index in [0.29, 0.717) is 6.42 Å². The van der Waals surface area contributed by atoms with Crippen LogP contribution in [-0.4, -0.2) is 23.5 Å². The Morgan fingerprint density at radius 2 is 1.58 bits per heavy atom. The van der Waals surface area contributed by atoms with Crippen LogP contribution in [0.5, 0.6) is 0 Å². The summed E-state index contributed by atoms with van der Waals surface area (Å²) in [7, 11) is 0. The van der Waals surface area contributed by atoms with Crippen LogP contribution in [0, 0.1) is 5.92 Å². The van der Waals surface area contributed by atoms with Gasteiger partial charge in [0.25, 0.3) is 0 Å². The molecule has 114 valence electrons. The van der Waals surface area contributed by atoms with Crippen molar-refractivity contribution in [3.63, 3.8) is 0 Å². The lowest BCUT2D eigenvalue weighted by molar-refractivity contribution is -0.264. The van der Waals surface area contributed by atoms with E-state index in [4.69, 9.17) is 4.74 Å². The van der Waals surface area contributed by atoms with Gasteiger partial charge < -0.3 is 9.47 Å². The van der Waals surface area contributed by atoms with Crippen molar-refractivity contribution in [2.45, 2.75) is 71.8 Å². The highest BCUT2D eigenvalue weighted by molar-refractivity contribution is 5.61. The van der Waals surface area contributed by atoms with E-state index >= 15 is 0 Å². The Hall–Kier alpha value is -0.940. The molecule has 0 aliphatic heterocycles. The van der Waals surface area contributed by atoms with Gasteiger partial charge in [-0.3, -0.25) is 0 Å². The topological polar surface area (TPSA) is 35.5 Å². The lowest BCUT2D eigenvalue weighted by Crippen LogP contribution is -2.48. The first-order valence-corrected chi connectivity index (χ1v) is 6.29. The summed E-state index contributed by atoms with van der Waals surface area (Å²) in [6.07, 6.45) is -5.64. The fourth-order valence-corrected chi connectivity index (χ4v) is 1.48. The number of rotatable bonds is 4. The molecule has 0 aromatic heterocycles. The molecule has 19 heavy (non-hydrogen) atoms. The second kappa shape index (κ2) is 6.01. The molecular formula is C13H23F3O3. The van der Waals surface area contributed by atoms with Crippen molar-refractivity contribution in [1.29, 1.82) is 0 Å². The van der Waals surface area contributed by atoms with Crippen molar-refractivity contribution >= 4 is 6.16 Å². The Kier molecular flexibility index (Phi) is 5.71. The lowest BCUT2D eigenvalue weighted by atomic mass is 9.91. The van der Waals surface area contributed by atoms with Crippen LogP contribution in [-0.2, 0) is 9.47 Å². The predicted molar refractivity (Wildman–Crippen MR) is 65.9 cm³/mol. The Labute approximate surface area is 112 Å². The van der Waals surface area contributed by atoms with Gasteiger partial charge >= 0.3 is 12.3 Å².